The van der Waals surface area contributed by atoms with E-state index in [1.165, 1.54) is 10.4 Å². The Morgan fingerprint density at radius 3 is 2.38 bits per heavy atom. The molecule has 3 nitrogen and oxygen atoms in total. The number of aryl methyl sites for hydroxylation is 1. The first-order valence-corrected chi connectivity index (χ1v) is 8.65. The molecule has 0 radical (unpaired) electrons. The number of nitrogens with zero attached hydrogens (tertiary/aromatic N) is 1. The molecule has 0 bridgehead atoms. The molecule has 4 heteroatoms. The van der Waals surface area contributed by atoms with Gasteiger partial charge in [-0.3, -0.25) is 4.79 Å². The van der Waals surface area contributed by atoms with Crippen LogP contribution in [0.3, 0.4) is 0 Å². The lowest BCUT2D eigenvalue weighted by molar-refractivity contribution is 1.18. The summed E-state index contributed by atoms with van der Waals surface area (Å²) in [6, 6.07) is 20.1. The Hall–Kier alpha value is -2.72. The molecule has 2 heterocycles. The highest BCUT2D eigenvalue weighted by atomic mass is 32.1. The van der Waals surface area contributed by atoms with Crippen LogP contribution in [0.2, 0.25) is 0 Å². The minimum Gasteiger partial charge on any atom is -0.306 e. The van der Waals surface area contributed by atoms with E-state index in [-0.39, 0.29) is 5.56 Å². The summed E-state index contributed by atoms with van der Waals surface area (Å²) < 4.78 is 0. The van der Waals surface area contributed by atoms with Crippen molar-refractivity contribution in [2.75, 3.05) is 0 Å². The first-order chi connectivity index (χ1) is 11.7. The molecule has 4 aromatic rings. The average Bonchev–Trinajstić information content (AvgIpc) is 2.93. The van der Waals surface area contributed by atoms with Crippen molar-refractivity contribution < 1.29 is 0 Å². The third-order valence-electron chi connectivity index (χ3n) is 4.15. The lowest BCUT2D eigenvalue weighted by Gasteiger charge is -2.00. The van der Waals surface area contributed by atoms with Gasteiger partial charge < -0.3 is 4.98 Å². The zero-order valence-electron chi connectivity index (χ0n) is 13.2. The van der Waals surface area contributed by atoms with E-state index in [4.69, 9.17) is 4.98 Å². The van der Waals surface area contributed by atoms with Crippen molar-refractivity contribution in [3.05, 3.63) is 87.0 Å². The summed E-state index contributed by atoms with van der Waals surface area (Å²) in [6.45, 7) is 2.01. The fourth-order valence-corrected chi connectivity index (χ4v) is 4.08. The molecule has 0 saturated heterocycles. The van der Waals surface area contributed by atoms with Gasteiger partial charge in [0, 0.05) is 16.9 Å². The van der Waals surface area contributed by atoms with E-state index >= 15 is 0 Å². The van der Waals surface area contributed by atoms with E-state index in [0.29, 0.717) is 11.2 Å². The Labute approximate surface area is 143 Å². The van der Waals surface area contributed by atoms with Crippen LogP contribution < -0.4 is 5.56 Å². The normalized spacial score (nSPS) is 11.0. The maximum Gasteiger partial charge on any atom is 0.260 e. The van der Waals surface area contributed by atoms with Gasteiger partial charge in [-0.1, -0.05) is 60.7 Å². The highest BCUT2D eigenvalue weighted by Crippen LogP contribution is 2.30. The second-order valence-electron chi connectivity index (χ2n) is 5.77. The standard InChI is InChI=1S/C20H16N2OS/c1-13-16(12-14-8-4-2-5-9-14)24-20-17(13)19(23)21-18(22-20)15-10-6-3-7-11-15/h2-11H,12H2,1H3,(H,21,22,23). The molecular formula is C20H16N2OS. The summed E-state index contributed by atoms with van der Waals surface area (Å²) >= 11 is 1.61. The molecule has 1 N–H and O–H groups in total. The predicted octanol–water partition coefficient (Wildman–Crippen LogP) is 4.55. The number of benzene rings is 2. The Kier molecular flexibility index (Phi) is 3.75. The van der Waals surface area contributed by atoms with Gasteiger partial charge in [0.2, 0.25) is 0 Å². The summed E-state index contributed by atoms with van der Waals surface area (Å²) in [5.41, 5.74) is 3.14. The molecule has 0 amide bonds. The van der Waals surface area contributed by atoms with E-state index < -0.39 is 0 Å². The molecule has 0 saturated carbocycles. The molecule has 2 aromatic heterocycles. The van der Waals surface area contributed by atoms with E-state index in [1.807, 2.05) is 55.5 Å². The molecule has 0 aliphatic rings. The molecule has 2 aromatic carbocycles. The van der Waals surface area contributed by atoms with Gasteiger partial charge in [0.25, 0.3) is 5.56 Å². The van der Waals surface area contributed by atoms with E-state index in [0.717, 1.165) is 22.4 Å². The number of thiophene rings is 1. The van der Waals surface area contributed by atoms with E-state index in [9.17, 15) is 4.79 Å². The van der Waals surface area contributed by atoms with E-state index in [1.54, 1.807) is 11.3 Å². The van der Waals surface area contributed by atoms with Gasteiger partial charge in [0.15, 0.2) is 0 Å². The minimum absolute atomic E-state index is 0.0630. The van der Waals surface area contributed by atoms with Crippen LogP contribution in [0.1, 0.15) is 16.0 Å². The van der Waals surface area contributed by atoms with E-state index in [2.05, 4.69) is 17.1 Å². The van der Waals surface area contributed by atoms with Crippen molar-refractivity contribution in [1.82, 2.24) is 9.97 Å². The van der Waals surface area contributed by atoms with Gasteiger partial charge in [-0.2, -0.15) is 0 Å². The Morgan fingerprint density at radius 1 is 1.00 bits per heavy atom. The summed E-state index contributed by atoms with van der Waals surface area (Å²) in [5, 5.41) is 0.714. The highest BCUT2D eigenvalue weighted by Gasteiger charge is 2.15. The lowest BCUT2D eigenvalue weighted by Crippen LogP contribution is -2.09. The third kappa shape index (κ3) is 2.65. The molecule has 118 valence electrons. The van der Waals surface area contributed by atoms with Crippen molar-refractivity contribution in [3.8, 4) is 11.4 Å². The van der Waals surface area contributed by atoms with Gasteiger partial charge in [-0.05, 0) is 18.1 Å². The fraction of sp³-hybridized carbons (Fsp3) is 0.100. The quantitative estimate of drug-likeness (QED) is 0.598. The number of H-pyrrole nitrogens is 1. The lowest BCUT2D eigenvalue weighted by atomic mass is 10.1. The molecule has 4 rings (SSSR count). The maximum absolute atomic E-state index is 12.6. The predicted molar refractivity (Wildman–Crippen MR) is 99.7 cm³/mol. The van der Waals surface area contributed by atoms with Crippen molar-refractivity contribution >= 4 is 21.6 Å². The van der Waals surface area contributed by atoms with Crippen LogP contribution in [0.15, 0.2) is 65.5 Å². The van der Waals surface area contributed by atoms with Gasteiger partial charge in [0.1, 0.15) is 10.7 Å². The zero-order chi connectivity index (χ0) is 16.5. The van der Waals surface area contributed by atoms with Gasteiger partial charge in [0.05, 0.1) is 5.39 Å². The number of fused-ring (bicyclic) bond motifs is 1. The molecule has 0 unspecified atom stereocenters. The molecule has 0 atom stereocenters. The molecular weight excluding hydrogens is 316 g/mol. The highest BCUT2D eigenvalue weighted by molar-refractivity contribution is 7.18. The maximum atomic E-state index is 12.6. The summed E-state index contributed by atoms with van der Waals surface area (Å²) in [5.74, 6) is 0.626. The van der Waals surface area contributed by atoms with Gasteiger partial charge in [-0.15, -0.1) is 11.3 Å². The Bertz CT molecular complexity index is 1050. The summed E-state index contributed by atoms with van der Waals surface area (Å²) in [7, 11) is 0. The van der Waals surface area contributed by atoms with Crippen LogP contribution in [0, 0.1) is 6.92 Å². The zero-order valence-corrected chi connectivity index (χ0v) is 14.1. The summed E-state index contributed by atoms with van der Waals surface area (Å²) in [4.78, 5) is 22.2. The second kappa shape index (κ2) is 6.06. The van der Waals surface area contributed by atoms with Crippen molar-refractivity contribution in [3.63, 3.8) is 0 Å². The first-order valence-electron chi connectivity index (χ1n) is 7.84. The number of hydrogen-bond donors (Lipinski definition) is 1. The summed E-state index contributed by atoms with van der Waals surface area (Å²) in [6.07, 6.45) is 0.827. The smallest absolute Gasteiger partial charge is 0.260 e. The van der Waals surface area contributed by atoms with Crippen LogP contribution >= 0.6 is 11.3 Å². The minimum atomic E-state index is -0.0630. The molecule has 24 heavy (non-hydrogen) atoms. The van der Waals surface area contributed by atoms with Crippen LogP contribution in [0.4, 0.5) is 0 Å². The third-order valence-corrected chi connectivity index (χ3v) is 5.34. The number of aromatic nitrogens is 2. The molecule has 0 fully saturated rings. The van der Waals surface area contributed by atoms with Crippen molar-refractivity contribution in [2.45, 2.75) is 13.3 Å². The van der Waals surface area contributed by atoms with Crippen molar-refractivity contribution in [2.24, 2.45) is 0 Å². The average molecular weight is 332 g/mol. The van der Waals surface area contributed by atoms with Crippen LogP contribution in [0.5, 0.6) is 0 Å². The van der Waals surface area contributed by atoms with Crippen LogP contribution in [-0.2, 0) is 6.42 Å². The van der Waals surface area contributed by atoms with Gasteiger partial charge in [-0.25, -0.2) is 4.98 Å². The number of nitrogens with one attached hydrogen (secondary N) is 1. The van der Waals surface area contributed by atoms with Crippen LogP contribution in [0.25, 0.3) is 21.6 Å². The molecule has 0 aliphatic heterocycles. The topological polar surface area (TPSA) is 45.8 Å². The number of hydrogen-bond acceptors (Lipinski definition) is 3. The Balaban J connectivity index is 1.83. The Morgan fingerprint density at radius 2 is 1.67 bits per heavy atom. The van der Waals surface area contributed by atoms with Crippen LogP contribution in [-0.4, -0.2) is 9.97 Å². The van der Waals surface area contributed by atoms with Gasteiger partial charge >= 0.3 is 0 Å². The first kappa shape index (κ1) is 14.8. The SMILES string of the molecule is Cc1c(Cc2ccccc2)sc2nc(-c3ccccc3)[nH]c(=O)c12. The fourth-order valence-electron chi connectivity index (χ4n) is 2.87. The van der Waals surface area contributed by atoms with Crippen molar-refractivity contribution in [1.29, 1.82) is 0 Å². The monoisotopic (exact) mass is 332 g/mol. The largest absolute Gasteiger partial charge is 0.306 e. The second-order valence-corrected chi connectivity index (χ2v) is 6.86. The molecule has 0 spiro atoms. The number of rotatable bonds is 3. The molecule has 0 aliphatic carbocycles. The number of aromatic amines is 1.